The number of amides is 4. The minimum absolute atomic E-state index is 0.00531. The number of rotatable bonds is 7. The summed E-state index contributed by atoms with van der Waals surface area (Å²) < 4.78 is 23.0. The Morgan fingerprint density at radius 2 is 2.00 bits per heavy atom. The van der Waals surface area contributed by atoms with E-state index in [2.05, 4.69) is 0 Å². The second-order valence-corrected chi connectivity index (χ2v) is 3.61. The zero-order chi connectivity index (χ0) is 13.5. The van der Waals surface area contributed by atoms with E-state index >= 15 is 0 Å². The summed E-state index contributed by atoms with van der Waals surface area (Å²) in [4.78, 5) is 34.1. The molecular formula is C10H15FN2O5. The van der Waals surface area contributed by atoms with Gasteiger partial charge in [-0.15, -0.1) is 0 Å². The lowest BCUT2D eigenvalue weighted by molar-refractivity contribution is -0.143. The van der Waals surface area contributed by atoms with Crippen molar-refractivity contribution in [1.82, 2.24) is 10.2 Å². The van der Waals surface area contributed by atoms with Crippen molar-refractivity contribution >= 4 is 17.8 Å². The second-order valence-electron chi connectivity index (χ2n) is 3.61. The van der Waals surface area contributed by atoms with Crippen LogP contribution in [-0.4, -0.2) is 62.4 Å². The standard InChI is InChI=1S/C10H15FN2O5/c1-17-5-6-18-4-2-3-13-9(15)7(11)8(14)12-10(13)16/h7H,2-6H2,1H3,(H,12,14,16). The van der Waals surface area contributed by atoms with Crippen molar-refractivity contribution in [1.29, 1.82) is 0 Å². The number of ether oxygens (including phenoxy) is 2. The van der Waals surface area contributed by atoms with Crippen LogP contribution in [0, 0.1) is 0 Å². The number of alkyl halides is 1. The van der Waals surface area contributed by atoms with Crippen LogP contribution in [0.1, 0.15) is 6.42 Å². The Morgan fingerprint density at radius 1 is 1.28 bits per heavy atom. The summed E-state index contributed by atoms with van der Waals surface area (Å²) in [5.74, 6) is -2.33. The molecule has 0 bridgehead atoms. The minimum Gasteiger partial charge on any atom is -0.382 e. The maximum atomic E-state index is 13.1. The van der Waals surface area contributed by atoms with Crippen LogP contribution in [0.3, 0.4) is 0 Å². The van der Waals surface area contributed by atoms with Gasteiger partial charge in [-0.05, 0) is 6.42 Å². The minimum atomic E-state index is -2.31. The number of carbonyl (C=O) groups excluding carboxylic acids is 3. The van der Waals surface area contributed by atoms with E-state index in [-0.39, 0.29) is 6.54 Å². The number of hydrogen-bond acceptors (Lipinski definition) is 5. The summed E-state index contributed by atoms with van der Waals surface area (Å²) in [6.45, 7) is 1.17. The quantitative estimate of drug-likeness (QED) is 0.492. The molecule has 1 atom stereocenters. The summed E-state index contributed by atoms with van der Waals surface area (Å²) in [5, 5.41) is 1.76. The number of urea groups is 1. The van der Waals surface area contributed by atoms with Crippen LogP contribution < -0.4 is 5.32 Å². The highest BCUT2D eigenvalue weighted by Crippen LogP contribution is 2.07. The predicted molar refractivity (Wildman–Crippen MR) is 57.5 cm³/mol. The van der Waals surface area contributed by atoms with Crippen molar-refractivity contribution < 1.29 is 28.2 Å². The van der Waals surface area contributed by atoms with Crippen molar-refractivity contribution in [2.75, 3.05) is 33.5 Å². The van der Waals surface area contributed by atoms with Gasteiger partial charge in [0.25, 0.3) is 18.0 Å². The van der Waals surface area contributed by atoms with E-state index in [1.54, 1.807) is 12.4 Å². The number of carbonyl (C=O) groups is 3. The van der Waals surface area contributed by atoms with Gasteiger partial charge in [-0.1, -0.05) is 0 Å². The highest BCUT2D eigenvalue weighted by atomic mass is 19.1. The fraction of sp³-hybridized carbons (Fsp3) is 0.700. The first-order valence-corrected chi connectivity index (χ1v) is 5.45. The number of imide groups is 2. The highest BCUT2D eigenvalue weighted by Gasteiger charge is 2.40. The molecule has 0 saturated carbocycles. The summed E-state index contributed by atoms with van der Waals surface area (Å²) in [7, 11) is 1.54. The molecule has 7 nitrogen and oxygen atoms in total. The summed E-state index contributed by atoms with van der Waals surface area (Å²) >= 11 is 0. The molecule has 1 N–H and O–H groups in total. The zero-order valence-electron chi connectivity index (χ0n) is 9.98. The van der Waals surface area contributed by atoms with Gasteiger partial charge in [-0.25, -0.2) is 9.18 Å². The van der Waals surface area contributed by atoms with Gasteiger partial charge in [-0.3, -0.25) is 19.8 Å². The lowest BCUT2D eigenvalue weighted by Crippen LogP contribution is -2.59. The third-order valence-corrected chi connectivity index (χ3v) is 2.29. The molecule has 102 valence electrons. The van der Waals surface area contributed by atoms with E-state index in [1.165, 1.54) is 0 Å². The Hall–Kier alpha value is -1.54. The molecule has 1 unspecified atom stereocenters. The van der Waals surface area contributed by atoms with Crippen LogP contribution in [0.4, 0.5) is 9.18 Å². The number of hydrogen-bond donors (Lipinski definition) is 1. The van der Waals surface area contributed by atoms with Gasteiger partial charge in [-0.2, -0.15) is 0 Å². The van der Waals surface area contributed by atoms with Gasteiger partial charge in [0.05, 0.1) is 13.2 Å². The molecule has 1 aliphatic rings. The molecule has 0 spiro atoms. The summed E-state index contributed by atoms with van der Waals surface area (Å²) in [5.41, 5.74) is 0. The Labute approximate surface area is 103 Å². The lowest BCUT2D eigenvalue weighted by Gasteiger charge is -2.26. The number of nitrogens with zero attached hydrogens (tertiary/aromatic N) is 1. The normalized spacial score (nSPS) is 20.2. The maximum absolute atomic E-state index is 13.1. The SMILES string of the molecule is COCCOCCCN1C(=O)NC(=O)C(F)C1=O. The summed E-state index contributed by atoms with van der Waals surface area (Å²) in [6.07, 6.45) is -1.94. The lowest BCUT2D eigenvalue weighted by atomic mass is 10.2. The third-order valence-electron chi connectivity index (χ3n) is 2.29. The second kappa shape index (κ2) is 7.02. The van der Waals surface area contributed by atoms with E-state index in [1.807, 2.05) is 0 Å². The van der Waals surface area contributed by atoms with Crippen molar-refractivity contribution in [3.8, 4) is 0 Å². The molecule has 1 aliphatic heterocycles. The van der Waals surface area contributed by atoms with E-state index in [9.17, 15) is 18.8 Å². The first-order valence-electron chi connectivity index (χ1n) is 5.45. The molecule has 1 rings (SSSR count). The fourth-order valence-corrected chi connectivity index (χ4v) is 1.37. The Morgan fingerprint density at radius 3 is 2.67 bits per heavy atom. The monoisotopic (exact) mass is 262 g/mol. The number of halogens is 1. The first kappa shape index (κ1) is 14.5. The number of barbiturate groups is 1. The molecule has 1 fully saturated rings. The Balaban J connectivity index is 2.30. The Bertz CT molecular complexity index is 336. The molecule has 4 amide bonds. The fourth-order valence-electron chi connectivity index (χ4n) is 1.37. The van der Waals surface area contributed by atoms with Crippen LogP contribution in [-0.2, 0) is 19.1 Å². The molecule has 0 aromatic heterocycles. The summed E-state index contributed by atoms with van der Waals surface area (Å²) in [6, 6.07) is -0.893. The van der Waals surface area contributed by atoms with Crippen LogP contribution >= 0.6 is 0 Å². The van der Waals surface area contributed by atoms with Gasteiger partial charge in [0.1, 0.15) is 0 Å². The Kier molecular flexibility index (Phi) is 5.66. The zero-order valence-corrected chi connectivity index (χ0v) is 9.98. The smallest absolute Gasteiger partial charge is 0.330 e. The molecule has 1 saturated heterocycles. The molecule has 0 aromatic carbocycles. The van der Waals surface area contributed by atoms with E-state index in [0.29, 0.717) is 31.1 Å². The maximum Gasteiger partial charge on any atom is 0.330 e. The predicted octanol–water partition coefficient (Wildman–Crippen LogP) is -0.544. The van der Waals surface area contributed by atoms with Crippen molar-refractivity contribution in [3.05, 3.63) is 0 Å². The largest absolute Gasteiger partial charge is 0.382 e. The van der Waals surface area contributed by atoms with Crippen molar-refractivity contribution in [2.24, 2.45) is 0 Å². The van der Waals surface area contributed by atoms with Crippen LogP contribution in [0.25, 0.3) is 0 Å². The molecule has 0 aromatic rings. The van der Waals surface area contributed by atoms with Crippen LogP contribution in [0.2, 0.25) is 0 Å². The van der Waals surface area contributed by atoms with E-state index < -0.39 is 24.0 Å². The average Bonchev–Trinajstić information content (AvgIpc) is 2.34. The van der Waals surface area contributed by atoms with Crippen LogP contribution in [0.15, 0.2) is 0 Å². The van der Waals surface area contributed by atoms with Gasteiger partial charge in [0, 0.05) is 20.3 Å². The van der Waals surface area contributed by atoms with Gasteiger partial charge in [0.2, 0.25) is 0 Å². The third kappa shape index (κ3) is 3.74. The van der Waals surface area contributed by atoms with Crippen molar-refractivity contribution in [2.45, 2.75) is 12.6 Å². The number of methoxy groups -OCH3 is 1. The van der Waals surface area contributed by atoms with Gasteiger partial charge >= 0.3 is 6.03 Å². The van der Waals surface area contributed by atoms with Gasteiger partial charge in [0.15, 0.2) is 0 Å². The van der Waals surface area contributed by atoms with Crippen molar-refractivity contribution in [3.63, 3.8) is 0 Å². The molecule has 18 heavy (non-hydrogen) atoms. The van der Waals surface area contributed by atoms with Crippen LogP contribution in [0.5, 0.6) is 0 Å². The topological polar surface area (TPSA) is 84.9 Å². The number of nitrogens with one attached hydrogen (secondary N) is 1. The molecule has 0 aliphatic carbocycles. The highest BCUT2D eigenvalue weighted by molar-refractivity contribution is 6.17. The molecule has 1 heterocycles. The molecular weight excluding hydrogens is 247 g/mol. The first-order chi connectivity index (χ1) is 8.57. The van der Waals surface area contributed by atoms with Gasteiger partial charge < -0.3 is 9.47 Å². The average molecular weight is 262 g/mol. The molecule has 8 heteroatoms. The molecule has 0 radical (unpaired) electrons. The van der Waals surface area contributed by atoms with E-state index in [4.69, 9.17) is 9.47 Å². The van der Waals surface area contributed by atoms with E-state index in [0.717, 1.165) is 0 Å².